The van der Waals surface area contributed by atoms with Crippen LogP contribution in [0.25, 0.3) is 0 Å². The van der Waals surface area contributed by atoms with Gasteiger partial charge in [-0.2, -0.15) is 0 Å². The molecule has 4 aliphatic rings. The van der Waals surface area contributed by atoms with Crippen LogP contribution in [-0.2, 0) is 0 Å². The first kappa shape index (κ1) is 28.2. The van der Waals surface area contributed by atoms with Crippen LogP contribution < -0.4 is 5.32 Å². The van der Waals surface area contributed by atoms with Crippen molar-refractivity contribution in [3.63, 3.8) is 0 Å². The van der Waals surface area contributed by atoms with Crippen molar-refractivity contribution in [2.45, 2.75) is 190 Å². The minimum absolute atomic E-state index is 0.348. The molecule has 0 spiro atoms. The molecule has 0 radical (unpaired) electrons. The molecular formula is C31H60B3N. The average Bonchev–Trinajstić information content (AvgIpc) is 2.86. The summed E-state index contributed by atoms with van der Waals surface area (Å²) in [6, 6.07) is 0. The molecule has 0 aromatic rings. The molecule has 35 heavy (non-hydrogen) atoms. The quantitative estimate of drug-likeness (QED) is 0.193. The second-order valence-corrected chi connectivity index (χ2v) is 14.1. The fraction of sp³-hybridized carbons (Fsp3) is 1.00. The maximum Gasteiger partial charge on any atom is 0.142 e. The van der Waals surface area contributed by atoms with Crippen LogP contribution in [0.1, 0.15) is 137 Å². The van der Waals surface area contributed by atoms with E-state index in [9.17, 15) is 0 Å². The zero-order valence-corrected chi connectivity index (χ0v) is 24.5. The molecule has 4 bridgehead atoms. The Kier molecular flexibility index (Phi) is 11.1. The van der Waals surface area contributed by atoms with Crippen LogP contribution in [0.15, 0.2) is 0 Å². The Balaban J connectivity index is 1.40. The number of rotatable bonds is 14. The molecule has 1 nitrogen and oxygen atoms in total. The van der Waals surface area contributed by atoms with Gasteiger partial charge in [-0.1, -0.05) is 159 Å². The van der Waals surface area contributed by atoms with E-state index >= 15 is 0 Å². The van der Waals surface area contributed by atoms with Crippen molar-refractivity contribution < 1.29 is 0 Å². The van der Waals surface area contributed by atoms with Crippen molar-refractivity contribution in [3.8, 4) is 0 Å². The molecule has 4 aliphatic heterocycles. The van der Waals surface area contributed by atoms with Crippen molar-refractivity contribution >= 4 is 20.1 Å². The summed E-state index contributed by atoms with van der Waals surface area (Å²) < 4.78 is 0. The first-order valence-electron chi connectivity index (χ1n) is 16.8. The van der Waals surface area contributed by atoms with E-state index in [1.807, 2.05) is 0 Å². The normalized spacial score (nSPS) is 31.2. The Bertz CT molecular complexity index is 534. The number of nitrogens with one attached hydrogen (secondary N) is 1. The van der Waals surface area contributed by atoms with Gasteiger partial charge in [-0.3, -0.25) is 0 Å². The summed E-state index contributed by atoms with van der Waals surface area (Å²) in [5.74, 6) is 4.34. The van der Waals surface area contributed by atoms with Gasteiger partial charge in [0.25, 0.3) is 0 Å². The van der Waals surface area contributed by atoms with Gasteiger partial charge < -0.3 is 5.32 Å². The summed E-state index contributed by atoms with van der Waals surface area (Å²) in [7, 11) is 0. The summed E-state index contributed by atoms with van der Waals surface area (Å²) in [6.07, 6.45) is 29.9. The Labute approximate surface area is 222 Å². The highest BCUT2D eigenvalue weighted by Gasteiger charge is 2.52. The molecule has 0 aromatic carbocycles. The summed E-state index contributed by atoms with van der Waals surface area (Å²) in [6.45, 7) is 14.1. The lowest BCUT2D eigenvalue weighted by Gasteiger charge is -2.52. The van der Waals surface area contributed by atoms with Crippen LogP contribution in [-0.4, -0.2) is 32.2 Å². The SMILES string of the molecule is CCB(CC)CCCCNC(C)(CC)CCC(B1C2CCCC1CCC2)B1C2CCCC1CCC2. The van der Waals surface area contributed by atoms with Crippen molar-refractivity contribution in [3.05, 3.63) is 0 Å². The second kappa shape index (κ2) is 13.8. The monoisotopic (exact) mass is 480 g/mol. The largest absolute Gasteiger partial charge is 0.312 e. The number of hydrogen-bond acceptors (Lipinski definition) is 1. The summed E-state index contributed by atoms with van der Waals surface area (Å²) in [5.41, 5.74) is 1.39. The third-order valence-electron chi connectivity index (χ3n) is 12.3. The Morgan fingerprint density at radius 3 is 1.60 bits per heavy atom. The molecule has 4 saturated heterocycles. The molecule has 4 fully saturated rings. The summed E-state index contributed by atoms with van der Waals surface area (Å²) in [5, 5.41) is 4.12. The van der Waals surface area contributed by atoms with Crippen LogP contribution in [0.5, 0.6) is 0 Å². The maximum atomic E-state index is 4.12. The third-order valence-corrected chi connectivity index (χ3v) is 12.3. The predicted molar refractivity (Wildman–Crippen MR) is 162 cm³/mol. The fourth-order valence-corrected chi connectivity index (χ4v) is 10.0. The van der Waals surface area contributed by atoms with Crippen LogP contribution in [0.3, 0.4) is 0 Å². The third kappa shape index (κ3) is 7.18. The molecule has 1 atom stereocenters. The summed E-state index contributed by atoms with van der Waals surface area (Å²) >= 11 is 0. The van der Waals surface area contributed by atoms with Crippen LogP contribution in [0.4, 0.5) is 0 Å². The standard InChI is InChI=1S/C31H60B3N/c1-5-31(4,35-25-9-8-24-32(6-2)7-3)23-22-30(33-26-14-10-15-27(33)17-11-16-26)34-28-18-12-19-29(34)21-13-20-28/h26-30,35H,5-25H2,1-4H3. The lowest BCUT2D eigenvalue weighted by atomic mass is 9.06. The Hall–Kier alpha value is 0.155. The second-order valence-electron chi connectivity index (χ2n) is 14.1. The maximum absolute atomic E-state index is 4.12. The molecule has 0 aromatic heterocycles. The van der Waals surface area contributed by atoms with E-state index in [-0.39, 0.29) is 0 Å². The fourth-order valence-electron chi connectivity index (χ4n) is 10.0. The van der Waals surface area contributed by atoms with Crippen LogP contribution in [0.2, 0.25) is 47.9 Å². The van der Waals surface area contributed by atoms with Crippen LogP contribution >= 0.6 is 0 Å². The lowest BCUT2D eigenvalue weighted by molar-refractivity contribution is 0.309. The molecule has 4 heteroatoms. The smallest absolute Gasteiger partial charge is 0.142 e. The van der Waals surface area contributed by atoms with Crippen LogP contribution in [0, 0.1) is 0 Å². The van der Waals surface area contributed by atoms with Crippen molar-refractivity contribution in [1.29, 1.82) is 0 Å². The molecular weight excluding hydrogens is 419 g/mol. The highest BCUT2D eigenvalue weighted by Crippen LogP contribution is 2.58. The van der Waals surface area contributed by atoms with Gasteiger partial charge in [0, 0.05) is 5.54 Å². The van der Waals surface area contributed by atoms with Gasteiger partial charge in [-0.15, -0.1) is 0 Å². The van der Waals surface area contributed by atoms with Gasteiger partial charge in [0.15, 0.2) is 0 Å². The Morgan fingerprint density at radius 2 is 1.20 bits per heavy atom. The van der Waals surface area contributed by atoms with Crippen molar-refractivity contribution in [2.24, 2.45) is 0 Å². The van der Waals surface area contributed by atoms with E-state index in [4.69, 9.17) is 0 Å². The van der Waals surface area contributed by atoms with Gasteiger partial charge in [0.05, 0.1) is 0 Å². The zero-order valence-electron chi connectivity index (χ0n) is 24.5. The molecule has 4 rings (SSSR count). The molecule has 4 heterocycles. The minimum atomic E-state index is 0.348. The number of hydrogen-bond donors (Lipinski definition) is 1. The van der Waals surface area contributed by atoms with Gasteiger partial charge in [0.2, 0.25) is 0 Å². The first-order chi connectivity index (χ1) is 17.1. The van der Waals surface area contributed by atoms with Gasteiger partial charge >= 0.3 is 0 Å². The Morgan fingerprint density at radius 1 is 0.743 bits per heavy atom. The van der Waals surface area contributed by atoms with Crippen molar-refractivity contribution in [2.75, 3.05) is 6.54 Å². The van der Waals surface area contributed by atoms with E-state index in [0.29, 0.717) is 5.54 Å². The van der Waals surface area contributed by atoms with Gasteiger partial charge in [-0.25, -0.2) is 0 Å². The zero-order chi connectivity index (χ0) is 24.7. The molecule has 0 aliphatic carbocycles. The van der Waals surface area contributed by atoms with E-state index in [1.54, 1.807) is 77.0 Å². The predicted octanol–water partition coefficient (Wildman–Crippen LogP) is 9.96. The highest BCUT2D eigenvalue weighted by atomic mass is 15.0. The molecule has 1 unspecified atom stereocenters. The number of fused-ring (bicyclic) bond motifs is 4. The minimum Gasteiger partial charge on any atom is -0.312 e. The molecule has 1 N–H and O–H groups in total. The van der Waals surface area contributed by atoms with E-state index < -0.39 is 0 Å². The first-order valence-corrected chi connectivity index (χ1v) is 16.8. The topological polar surface area (TPSA) is 12.0 Å². The highest BCUT2D eigenvalue weighted by molar-refractivity contribution is 6.83. The van der Waals surface area contributed by atoms with E-state index in [2.05, 4.69) is 33.0 Å². The van der Waals surface area contributed by atoms with E-state index in [1.165, 1.54) is 57.6 Å². The molecule has 198 valence electrons. The molecule has 0 amide bonds. The van der Waals surface area contributed by atoms with Gasteiger partial charge in [-0.05, 0) is 32.7 Å². The number of unbranched alkanes of at least 4 members (excludes halogenated alkanes) is 1. The summed E-state index contributed by atoms with van der Waals surface area (Å²) in [4.78, 5) is 0. The average molecular weight is 479 g/mol. The molecule has 0 saturated carbocycles. The van der Waals surface area contributed by atoms with Crippen molar-refractivity contribution in [1.82, 2.24) is 5.32 Å². The van der Waals surface area contributed by atoms with E-state index in [0.717, 1.165) is 49.1 Å². The van der Waals surface area contributed by atoms with Gasteiger partial charge in [0.1, 0.15) is 20.1 Å². The lowest BCUT2D eigenvalue weighted by Crippen LogP contribution is -2.50.